The van der Waals surface area contributed by atoms with E-state index in [9.17, 15) is 5.26 Å². The monoisotopic (exact) mass is 429 g/mol. The van der Waals surface area contributed by atoms with Gasteiger partial charge >= 0.3 is 0 Å². The highest BCUT2D eigenvalue weighted by Crippen LogP contribution is 2.36. The van der Waals surface area contributed by atoms with E-state index in [4.69, 9.17) is 19.7 Å². The van der Waals surface area contributed by atoms with E-state index in [2.05, 4.69) is 21.2 Å². The number of anilines is 1. The van der Waals surface area contributed by atoms with Gasteiger partial charge in [-0.05, 0) is 38.8 Å². The molecular weight excluding hydrogens is 402 g/mol. The Labute approximate surface area is 187 Å². The van der Waals surface area contributed by atoms with E-state index in [1.807, 2.05) is 26.0 Å². The Morgan fingerprint density at radius 3 is 2.72 bits per heavy atom. The molecule has 164 valence electrons. The Kier molecular flexibility index (Phi) is 5.66. The maximum absolute atomic E-state index is 9.53. The average Bonchev–Trinajstić information content (AvgIpc) is 2.83. The van der Waals surface area contributed by atoms with Crippen molar-refractivity contribution in [2.45, 2.75) is 58.0 Å². The summed E-state index contributed by atoms with van der Waals surface area (Å²) in [6, 6.07) is 6.22. The molecule has 3 aromatic rings. The van der Waals surface area contributed by atoms with Crippen LogP contribution in [0.15, 0.2) is 18.3 Å². The lowest BCUT2D eigenvalue weighted by Crippen LogP contribution is -2.39. The second-order valence-electron chi connectivity index (χ2n) is 8.78. The van der Waals surface area contributed by atoms with E-state index in [0.717, 1.165) is 41.7 Å². The number of hydrogen-bond acceptors (Lipinski definition) is 8. The molecule has 2 fully saturated rings. The maximum Gasteiger partial charge on any atom is 0.227 e. The third-order valence-corrected chi connectivity index (χ3v) is 6.53. The number of aromatic nitrogens is 5. The van der Waals surface area contributed by atoms with Crippen molar-refractivity contribution in [1.29, 1.82) is 5.26 Å². The van der Waals surface area contributed by atoms with Crippen LogP contribution in [0.3, 0.4) is 0 Å². The van der Waals surface area contributed by atoms with Gasteiger partial charge in [0, 0.05) is 23.4 Å². The maximum atomic E-state index is 9.53. The molecule has 1 atom stereocenters. The fraction of sp³-hybridized carbons (Fsp3) is 0.500. The molecule has 5 rings (SSSR count). The first-order chi connectivity index (χ1) is 15.6. The van der Waals surface area contributed by atoms with Crippen molar-refractivity contribution in [3.05, 3.63) is 46.5 Å². The summed E-state index contributed by atoms with van der Waals surface area (Å²) >= 11 is 0. The SMILES string of the molecule is Cc1cc(C2CN(c3nc(C4CCCCC4)c4cc(C#N)c(C)nc4n3)CCO2)cnn1. The van der Waals surface area contributed by atoms with Gasteiger partial charge in [0.05, 0.1) is 42.0 Å². The largest absolute Gasteiger partial charge is 0.370 e. The highest BCUT2D eigenvalue weighted by molar-refractivity contribution is 5.81. The number of nitriles is 1. The second-order valence-corrected chi connectivity index (χ2v) is 8.78. The molecular formula is C24H27N7O. The lowest BCUT2D eigenvalue weighted by Gasteiger charge is -2.33. The van der Waals surface area contributed by atoms with E-state index in [1.165, 1.54) is 19.3 Å². The van der Waals surface area contributed by atoms with Crippen molar-refractivity contribution in [2.24, 2.45) is 0 Å². The molecule has 1 saturated heterocycles. The minimum Gasteiger partial charge on any atom is -0.370 e. The number of pyridine rings is 1. The highest BCUT2D eigenvalue weighted by atomic mass is 16.5. The smallest absolute Gasteiger partial charge is 0.227 e. The number of rotatable bonds is 3. The molecule has 32 heavy (non-hydrogen) atoms. The van der Waals surface area contributed by atoms with Crippen molar-refractivity contribution < 1.29 is 4.74 Å². The summed E-state index contributed by atoms with van der Waals surface area (Å²) in [5.41, 5.74) is 4.91. The molecule has 0 bridgehead atoms. The zero-order valence-electron chi connectivity index (χ0n) is 18.6. The topological polar surface area (TPSA) is 101 Å². The molecule has 8 heteroatoms. The van der Waals surface area contributed by atoms with E-state index >= 15 is 0 Å². The Hall–Kier alpha value is -3.18. The van der Waals surface area contributed by atoms with Crippen molar-refractivity contribution in [3.63, 3.8) is 0 Å². The van der Waals surface area contributed by atoms with Crippen LogP contribution < -0.4 is 4.90 Å². The van der Waals surface area contributed by atoms with Gasteiger partial charge in [-0.25, -0.2) is 9.97 Å². The molecule has 8 nitrogen and oxygen atoms in total. The number of hydrogen-bond donors (Lipinski definition) is 0. The predicted molar refractivity (Wildman–Crippen MR) is 120 cm³/mol. The van der Waals surface area contributed by atoms with Crippen molar-refractivity contribution in [2.75, 3.05) is 24.6 Å². The first-order valence-corrected chi connectivity index (χ1v) is 11.4. The van der Waals surface area contributed by atoms with E-state index in [1.54, 1.807) is 6.20 Å². The lowest BCUT2D eigenvalue weighted by atomic mass is 9.85. The molecule has 3 aromatic heterocycles. The number of ether oxygens (including phenoxy) is 1. The summed E-state index contributed by atoms with van der Waals surface area (Å²) in [6.45, 7) is 5.76. The zero-order valence-corrected chi connectivity index (χ0v) is 18.6. The van der Waals surface area contributed by atoms with Crippen LogP contribution in [0.4, 0.5) is 5.95 Å². The summed E-state index contributed by atoms with van der Waals surface area (Å²) in [4.78, 5) is 16.8. The third kappa shape index (κ3) is 4.00. The lowest BCUT2D eigenvalue weighted by molar-refractivity contribution is 0.0388. The van der Waals surface area contributed by atoms with Crippen LogP contribution in [-0.2, 0) is 4.74 Å². The number of morpholine rings is 1. The Balaban J connectivity index is 1.55. The van der Waals surface area contributed by atoms with Gasteiger partial charge in [0.1, 0.15) is 12.2 Å². The van der Waals surface area contributed by atoms with E-state index in [-0.39, 0.29) is 6.10 Å². The number of nitrogens with zero attached hydrogens (tertiary/aromatic N) is 7. The average molecular weight is 430 g/mol. The molecule has 1 aliphatic carbocycles. The predicted octanol–water partition coefficient (Wildman–Crippen LogP) is 3.93. The molecule has 0 amide bonds. The van der Waals surface area contributed by atoms with Gasteiger partial charge in [-0.1, -0.05) is 19.3 Å². The Morgan fingerprint density at radius 1 is 1.09 bits per heavy atom. The summed E-state index contributed by atoms with van der Waals surface area (Å²) in [6.07, 6.45) is 7.60. The van der Waals surface area contributed by atoms with Gasteiger partial charge in [0.15, 0.2) is 5.65 Å². The first kappa shape index (κ1) is 20.7. The minimum atomic E-state index is -0.106. The van der Waals surface area contributed by atoms with Gasteiger partial charge < -0.3 is 9.64 Å². The standard InChI is InChI=1S/C24H27N7O/c1-15-10-19(13-26-30-15)21-14-31(8-9-32-21)24-28-22(17-6-4-3-5-7-17)20-11-18(12-25)16(2)27-23(20)29-24/h10-11,13,17,21H,3-9,14H2,1-2H3. The summed E-state index contributed by atoms with van der Waals surface area (Å²) in [5.74, 6) is 1.08. The van der Waals surface area contributed by atoms with E-state index < -0.39 is 0 Å². The molecule has 0 radical (unpaired) electrons. The first-order valence-electron chi connectivity index (χ1n) is 11.4. The van der Waals surface area contributed by atoms with Crippen molar-refractivity contribution in [3.8, 4) is 6.07 Å². The van der Waals surface area contributed by atoms with Crippen LogP contribution in [0.5, 0.6) is 0 Å². The van der Waals surface area contributed by atoms with Gasteiger partial charge in [-0.2, -0.15) is 20.4 Å². The number of aryl methyl sites for hydroxylation is 2. The summed E-state index contributed by atoms with van der Waals surface area (Å²) < 4.78 is 6.04. The van der Waals surface area contributed by atoms with Gasteiger partial charge in [-0.15, -0.1) is 0 Å². The third-order valence-electron chi connectivity index (χ3n) is 6.53. The molecule has 0 aromatic carbocycles. The molecule has 0 spiro atoms. The quantitative estimate of drug-likeness (QED) is 0.617. The van der Waals surface area contributed by atoms with Crippen LogP contribution in [-0.4, -0.2) is 44.8 Å². The second kappa shape index (κ2) is 8.75. The number of fused-ring (bicyclic) bond motifs is 1. The summed E-state index contributed by atoms with van der Waals surface area (Å²) in [5, 5.41) is 18.6. The van der Waals surface area contributed by atoms with Crippen molar-refractivity contribution in [1.82, 2.24) is 25.1 Å². The normalized spacial score (nSPS) is 19.8. The zero-order chi connectivity index (χ0) is 22.1. The summed E-state index contributed by atoms with van der Waals surface area (Å²) in [7, 11) is 0. The molecule has 4 heterocycles. The van der Waals surface area contributed by atoms with E-state index in [0.29, 0.717) is 41.9 Å². The van der Waals surface area contributed by atoms with Crippen LogP contribution in [0.2, 0.25) is 0 Å². The Morgan fingerprint density at radius 2 is 1.94 bits per heavy atom. The fourth-order valence-electron chi connectivity index (χ4n) is 4.80. The van der Waals surface area contributed by atoms with Crippen LogP contribution in [0.1, 0.15) is 72.3 Å². The van der Waals surface area contributed by atoms with Crippen LogP contribution >= 0.6 is 0 Å². The van der Waals surface area contributed by atoms with Gasteiger partial charge in [-0.3, -0.25) is 0 Å². The van der Waals surface area contributed by atoms with Gasteiger partial charge in [0.2, 0.25) is 5.95 Å². The molecule has 0 N–H and O–H groups in total. The van der Waals surface area contributed by atoms with Crippen LogP contribution in [0.25, 0.3) is 11.0 Å². The Bertz CT molecular complexity index is 1180. The molecule has 1 saturated carbocycles. The highest BCUT2D eigenvalue weighted by Gasteiger charge is 2.27. The van der Waals surface area contributed by atoms with Crippen LogP contribution in [0, 0.1) is 25.2 Å². The molecule has 1 aliphatic heterocycles. The molecule has 2 aliphatic rings. The molecule has 1 unspecified atom stereocenters. The fourth-order valence-corrected chi connectivity index (χ4v) is 4.80. The van der Waals surface area contributed by atoms with Crippen molar-refractivity contribution >= 4 is 17.0 Å². The van der Waals surface area contributed by atoms with Gasteiger partial charge in [0.25, 0.3) is 0 Å². The minimum absolute atomic E-state index is 0.106.